The van der Waals surface area contributed by atoms with E-state index < -0.39 is 0 Å². The van der Waals surface area contributed by atoms with Crippen molar-refractivity contribution in [3.63, 3.8) is 0 Å². The van der Waals surface area contributed by atoms with Gasteiger partial charge in [-0.2, -0.15) is 0 Å². The molecule has 0 aliphatic carbocycles. The molecule has 1 amide bonds. The molecule has 6 nitrogen and oxygen atoms in total. The molecule has 1 aliphatic rings. The number of carbonyl (C=O) groups excluding carboxylic acids is 1. The normalized spacial score (nSPS) is 14.2. The summed E-state index contributed by atoms with van der Waals surface area (Å²) in [6.45, 7) is 6.91. The van der Waals surface area contributed by atoms with Crippen molar-refractivity contribution in [3.8, 4) is 0 Å². The maximum absolute atomic E-state index is 12.5. The van der Waals surface area contributed by atoms with E-state index in [0.29, 0.717) is 17.3 Å². The SMILES string of the molecule is CCCNc1cc(C(=O)Nc2ccc(N3CCCCC3)cc2)nc(C)n1. The van der Waals surface area contributed by atoms with Crippen LogP contribution in [0.1, 0.15) is 48.9 Å². The van der Waals surface area contributed by atoms with Gasteiger partial charge in [-0.3, -0.25) is 4.79 Å². The first kappa shape index (κ1) is 18.2. The molecule has 0 unspecified atom stereocenters. The van der Waals surface area contributed by atoms with Crippen molar-refractivity contribution < 1.29 is 4.79 Å². The minimum absolute atomic E-state index is 0.222. The second-order valence-corrected chi connectivity index (χ2v) is 6.66. The number of aryl methyl sites for hydroxylation is 1. The van der Waals surface area contributed by atoms with Crippen LogP contribution in [0.5, 0.6) is 0 Å². The van der Waals surface area contributed by atoms with Crippen LogP contribution >= 0.6 is 0 Å². The lowest BCUT2D eigenvalue weighted by Crippen LogP contribution is -2.29. The van der Waals surface area contributed by atoms with Crippen LogP contribution in [0.3, 0.4) is 0 Å². The predicted molar refractivity (Wildman–Crippen MR) is 106 cm³/mol. The van der Waals surface area contributed by atoms with E-state index >= 15 is 0 Å². The summed E-state index contributed by atoms with van der Waals surface area (Å²) >= 11 is 0. The smallest absolute Gasteiger partial charge is 0.274 e. The molecule has 0 atom stereocenters. The zero-order valence-corrected chi connectivity index (χ0v) is 15.6. The number of carbonyl (C=O) groups is 1. The summed E-state index contributed by atoms with van der Waals surface area (Å²) in [6.07, 6.45) is 4.81. The Balaban J connectivity index is 1.66. The molecule has 26 heavy (non-hydrogen) atoms. The van der Waals surface area contributed by atoms with Crippen LogP contribution < -0.4 is 15.5 Å². The monoisotopic (exact) mass is 353 g/mol. The second-order valence-electron chi connectivity index (χ2n) is 6.66. The third-order valence-electron chi connectivity index (χ3n) is 4.47. The largest absolute Gasteiger partial charge is 0.372 e. The van der Waals surface area contributed by atoms with E-state index in [4.69, 9.17) is 0 Å². The Morgan fingerprint density at radius 3 is 2.54 bits per heavy atom. The molecule has 1 aromatic carbocycles. The lowest BCUT2D eigenvalue weighted by Gasteiger charge is -2.28. The Kier molecular flexibility index (Phi) is 6.04. The average Bonchev–Trinajstić information content (AvgIpc) is 2.67. The molecule has 1 saturated heterocycles. The third-order valence-corrected chi connectivity index (χ3v) is 4.47. The molecule has 3 rings (SSSR count). The Morgan fingerprint density at radius 2 is 1.85 bits per heavy atom. The fourth-order valence-electron chi connectivity index (χ4n) is 3.13. The van der Waals surface area contributed by atoms with Gasteiger partial charge in [-0.15, -0.1) is 0 Å². The molecule has 6 heteroatoms. The number of anilines is 3. The Morgan fingerprint density at radius 1 is 1.12 bits per heavy atom. The first-order valence-electron chi connectivity index (χ1n) is 9.41. The van der Waals surface area contributed by atoms with E-state index in [1.807, 2.05) is 12.1 Å². The van der Waals surface area contributed by atoms with Gasteiger partial charge in [0.25, 0.3) is 5.91 Å². The molecular weight excluding hydrogens is 326 g/mol. The molecule has 0 spiro atoms. The molecular formula is C20H27N5O. The first-order valence-corrected chi connectivity index (χ1v) is 9.41. The van der Waals surface area contributed by atoms with Gasteiger partial charge < -0.3 is 15.5 Å². The predicted octanol–water partition coefficient (Wildman–Crippen LogP) is 3.85. The van der Waals surface area contributed by atoms with Crippen molar-refractivity contribution in [2.24, 2.45) is 0 Å². The van der Waals surface area contributed by atoms with Crippen LogP contribution in [0.25, 0.3) is 0 Å². The molecule has 0 radical (unpaired) electrons. The highest BCUT2D eigenvalue weighted by atomic mass is 16.1. The van der Waals surface area contributed by atoms with E-state index in [1.165, 1.54) is 24.9 Å². The molecule has 2 N–H and O–H groups in total. The summed E-state index contributed by atoms with van der Waals surface area (Å²) in [6, 6.07) is 9.74. The maximum Gasteiger partial charge on any atom is 0.274 e. The Labute approximate surface area is 155 Å². The highest BCUT2D eigenvalue weighted by Gasteiger charge is 2.13. The van der Waals surface area contributed by atoms with Crippen LogP contribution in [0.2, 0.25) is 0 Å². The molecule has 1 aromatic heterocycles. The fourth-order valence-corrected chi connectivity index (χ4v) is 3.13. The molecule has 0 bridgehead atoms. The van der Waals surface area contributed by atoms with Crippen LogP contribution in [-0.2, 0) is 0 Å². The van der Waals surface area contributed by atoms with Crippen molar-refractivity contribution >= 4 is 23.1 Å². The van der Waals surface area contributed by atoms with Gasteiger partial charge >= 0.3 is 0 Å². The maximum atomic E-state index is 12.5. The number of nitrogens with zero attached hydrogens (tertiary/aromatic N) is 3. The average molecular weight is 353 g/mol. The zero-order valence-electron chi connectivity index (χ0n) is 15.6. The van der Waals surface area contributed by atoms with Gasteiger partial charge in [0.05, 0.1) is 0 Å². The van der Waals surface area contributed by atoms with E-state index in [0.717, 1.165) is 31.7 Å². The van der Waals surface area contributed by atoms with Crippen LogP contribution in [0, 0.1) is 6.92 Å². The highest BCUT2D eigenvalue weighted by Crippen LogP contribution is 2.22. The van der Waals surface area contributed by atoms with Crippen molar-refractivity contribution in [2.45, 2.75) is 39.5 Å². The minimum atomic E-state index is -0.222. The molecule has 1 fully saturated rings. The summed E-state index contributed by atoms with van der Waals surface area (Å²) in [5.74, 6) is 1.04. The number of aromatic nitrogens is 2. The van der Waals surface area contributed by atoms with Crippen LogP contribution in [0.4, 0.5) is 17.2 Å². The Bertz CT molecular complexity index is 738. The van der Waals surface area contributed by atoms with Gasteiger partial charge in [0, 0.05) is 37.1 Å². The summed E-state index contributed by atoms with van der Waals surface area (Å²) in [4.78, 5) is 23.5. The van der Waals surface area contributed by atoms with Crippen molar-refractivity contribution in [2.75, 3.05) is 35.2 Å². The quantitative estimate of drug-likeness (QED) is 0.825. The number of nitrogens with one attached hydrogen (secondary N) is 2. The third kappa shape index (κ3) is 4.71. The number of rotatable bonds is 6. The molecule has 2 aromatic rings. The van der Waals surface area contributed by atoms with Gasteiger partial charge in [0.1, 0.15) is 17.3 Å². The van der Waals surface area contributed by atoms with E-state index in [9.17, 15) is 4.79 Å². The van der Waals surface area contributed by atoms with Gasteiger partial charge in [-0.05, 0) is 56.9 Å². The topological polar surface area (TPSA) is 70.2 Å². The summed E-state index contributed by atoms with van der Waals surface area (Å²) < 4.78 is 0. The Hall–Kier alpha value is -2.63. The summed E-state index contributed by atoms with van der Waals surface area (Å²) in [5, 5.41) is 6.12. The van der Waals surface area contributed by atoms with Gasteiger partial charge in [-0.1, -0.05) is 6.92 Å². The highest BCUT2D eigenvalue weighted by molar-refractivity contribution is 6.03. The zero-order chi connectivity index (χ0) is 18.4. The van der Waals surface area contributed by atoms with Crippen molar-refractivity contribution in [1.82, 2.24) is 9.97 Å². The van der Waals surface area contributed by atoms with Gasteiger partial charge in [0.15, 0.2) is 0 Å². The number of amides is 1. The number of hydrogen-bond donors (Lipinski definition) is 2. The van der Waals surface area contributed by atoms with Crippen molar-refractivity contribution in [1.29, 1.82) is 0 Å². The standard InChI is InChI=1S/C20H27N5O/c1-3-11-21-19-14-18(22-15(2)23-19)20(26)24-16-7-9-17(10-8-16)25-12-5-4-6-13-25/h7-10,14H,3-6,11-13H2,1-2H3,(H,24,26)(H,21,22,23). The van der Waals surface area contributed by atoms with Crippen LogP contribution in [0.15, 0.2) is 30.3 Å². The minimum Gasteiger partial charge on any atom is -0.372 e. The second kappa shape index (κ2) is 8.65. The number of hydrogen-bond acceptors (Lipinski definition) is 5. The fraction of sp³-hybridized carbons (Fsp3) is 0.450. The summed E-state index contributed by atoms with van der Waals surface area (Å²) in [5.41, 5.74) is 2.36. The van der Waals surface area contributed by atoms with Gasteiger partial charge in [0.2, 0.25) is 0 Å². The van der Waals surface area contributed by atoms with E-state index in [-0.39, 0.29) is 5.91 Å². The first-order chi connectivity index (χ1) is 12.7. The van der Waals surface area contributed by atoms with Crippen molar-refractivity contribution in [3.05, 3.63) is 41.9 Å². The molecule has 2 heterocycles. The lowest BCUT2D eigenvalue weighted by atomic mass is 10.1. The molecule has 1 aliphatic heterocycles. The summed E-state index contributed by atoms with van der Waals surface area (Å²) in [7, 11) is 0. The van der Waals surface area contributed by atoms with E-state index in [1.54, 1.807) is 13.0 Å². The van der Waals surface area contributed by atoms with Gasteiger partial charge in [-0.25, -0.2) is 9.97 Å². The van der Waals surface area contributed by atoms with Crippen LogP contribution in [-0.4, -0.2) is 35.5 Å². The number of piperidine rings is 1. The molecule has 0 saturated carbocycles. The number of benzene rings is 1. The van der Waals surface area contributed by atoms with E-state index in [2.05, 4.69) is 44.6 Å². The molecule has 138 valence electrons. The lowest BCUT2D eigenvalue weighted by molar-refractivity contribution is 0.102.